The van der Waals surface area contributed by atoms with Gasteiger partial charge in [0.2, 0.25) is 0 Å². The van der Waals surface area contributed by atoms with Crippen molar-refractivity contribution in [1.29, 1.82) is 5.26 Å². The first-order valence-corrected chi connectivity index (χ1v) is 11.3. The molecular formula is C26H23N3O2S. The number of nitriles is 1. The number of benzene rings is 3. The number of rotatable bonds is 7. The molecule has 3 aromatic rings. The average Bonchev–Trinajstić information content (AvgIpc) is 3.17. The zero-order valence-electron chi connectivity index (χ0n) is 17.7. The molecule has 0 aliphatic carbocycles. The molecule has 1 saturated heterocycles. The maximum atomic E-state index is 12.5. The molecule has 0 aromatic heterocycles. The predicted octanol–water partition coefficient (Wildman–Crippen LogP) is 5.30. The van der Waals surface area contributed by atoms with Crippen LogP contribution in [-0.4, -0.2) is 11.4 Å². The first-order valence-electron chi connectivity index (χ1n) is 10.4. The summed E-state index contributed by atoms with van der Waals surface area (Å²) in [5.74, 6) is 0.537. The Morgan fingerprint density at radius 1 is 1.09 bits per heavy atom. The number of hydrogen-bond acceptors (Lipinski definition) is 5. The first-order chi connectivity index (χ1) is 15.7. The number of anilines is 1. The molecule has 32 heavy (non-hydrogen) atoms. The summed E-state index contributed by atoms with van der Waals surface area (Å²) in [6.07, 6.45) is 2.83. The standard InChI is InChI=1S/C26H23N3O2S/c1-2-18-11-13-22(14-12-18)28-26-29-25(30)24(32-26)15-19-7-5-6-10-23(19)31-17-21-9-4-3-8-20(21)16-27/h3-15,26,28H,2,17H2,1H3,(H,29,30)/b24-15-/t26-/m0/s1. The maximum Gasteiger partial charge on any atom is 0.260 e. The molecule has 4 rings (SSSR count). The lowest BCUT2D eigenvalue weighted by Gasteiger charge is -2.13. The number of nitrogens with zero attached hydrogens (tertiary/aromatic N) is 1. The summed E-state index contributed by atoms with van der Waals surface area (Å²) in [5, 5.41) is 15.6. The number of aryl methyl sites for hydroxylation is 1. The number of nitrogens with one attached hydrogen (secondary N) is 2. The van der Waals surface area contributed by atoms with E-state index < -0.39 is 0 Å². The third kappa shape index (κ3) is 5.13. The number of hydrogen-bond donors (Lipinski definition) is 2. The van der Waals surface area contributed by atoms with Gasteiger partial charge in [0.25, 0.3) is 5.91 Å². The fourth-order valence-electron chi connectivity index (χ4n) is 3.34. The van der Waals surface area contributed by atoms with Crippen LogP contribution in [-0.2, 0) is 17.8 Å². The van der Waals surface area contributed by atoms with Crippen LogP contribution in [0.1, 0.15) is 29.2 Å². The zero-order valence-corrected chi connectivity index (χ0v) is 18.5. The van der Waals surface area contributed by atoms with Crippen molar-refractivity contribution in [3.8, 4) is 11.8 Å². The van der Waals surface area contributed by atoms with E-state index in [1.165, 1.54) is 17.3 Å². The van der Waals surface area contributed by atoms with Crippen molar-refractivity contribution in [2.24, 2.45) is 0 Å². The second-order valence-corrected chi connectivity index (χ2v) is 8.42. The van der Waals surface area contributed by atoms with Gasteiger partial charge in [0.1, 0.15) is 12.4 Å². The molecule has 160 valence electrons. The Balaban J connectivity index is 1.46. The van der Waals surface area contributed by atoms with Gasteiger partial charge >= 0.3 is 0 Å². The van der Waals surface area contributed by atoms with Gasteiger partial charge in [-0.1, -0.05) is 67.2 Å². The molecule has 1 heterocycles. The smallest absolute Gasteiger partial charge is 0.260 e. The number of ether oxygens (including phenoxy) is 1. The Morgan fingerprint density at radius 2 is 1.84 bits per heavy atom. The molecule has 0 bridgehead atoms. The molecule has 1 aliphatic heterocycles. The lowest BCUT2D eigenvalue weighted by molar-refractivity contribution is -0.116. The molecular weight excluding hydrogens is 418 g/mol. The summed E-state index contributed by atoms with van der Waals surface area (Å²) < 4.78 is 6.00. The van der Waals surface area contributed by atoms with Gasteiger partial charge in [-0.3, -0.25) is 4.79 Å². The summed E-state index contributed by atoms with van der Waals surface area (Å²) in [6.45, 7) is 2.40. The third-order valence-corrected chi connectivity index (χ3v) is 6.15. The molecule has 0 unspecified atom stereocenters. The fraction of sp³-hybridized carbons (Fsp3) is 0.154. The number of amides is 1. The van der Waals surface area contributed by atoms with E-state index in [1.54, 1.807) is 6.07 Å². The van der Waals surface area contributed by atoms with E-state index >= 15 is 0 Å². The summed E-state index contributed by atoms with van der Waals surface area (Å²) in [4.78, 5) is 13.1. The highest BCUT2D eigenvalue weighted by Gasteiger charge is 2.27. The first kappa shape index (κ1) is 21.5. The van der Waals surface area contributed by atoms with Gasteiger partial charge in [0, 0.05) is 16.8 Å². The summed E-state index contributed by atoms with van der Waals surface area (Å²) >= 11 is 1.44. The minimum atomic E-state index is -0.239. The van der Waals surface area contributed by atoms with Crippen molar-refractivity contribution in [2.45, 2.75) is 25.4 Å². The Kier molecular flexibility index (Phi) is 6.78. The molecule has 0 spiro atoms. The maximum absolute atomic E-state index is 12.5. The zero-order chi connectivity index (χ0) is 22.3. The van der Waals surface area contributed by atoms with Crippen LogP contribution < -0.4 is 15.4 Å². The van der Waals surface area contributed by atoms with E-state index in [4.69, 9.17) is 4.74 Å². The molecule has 1 aliphatic rings. The van der Waals surface area contributed by atoms with Crippen LogP contribution >= 0.6 is 11.8 Å². The van der Waals surface area contributed by atoms with Crippen molar-refractivity contribution in [3.63, 3.8) is 0 Å². The highest BCUT2D eigenvalue weighted by molar-refractivity contribution is 8.05. The number of carbonyl (C=O) groups excluding carboxylic acids is 1. The van der Waals surface area contributed by atoms with Gasteiger partial charge in [-0.25, -0.2) is 0 Å². The van der Waals surface area contributed by atoms with E-state index in [0.29, 0.717) is 16.2 Å². The van der Waals surface area contributed by atoms with Gasteiger partial charge in [-0.05, 0) is 42.3 Å². The normalized spacial score (nSPS) is 16.4. The van der Waals surface area contributed by atoms with E-state index in [1.807, 2.05) is 60.7 Å². The Labute approximate surface area is 192 Å². The van der Waals surface area contributed by atoms with Gasteiger partial charge in [0.15, 0.2) is 5.50 Å². The largest absolute Gasteiger partial charge is 0.488 e. The van der Waals surface area contributed by atoms with E-state index in [-0.39, 0.29) is 18.0 Å². The SMILES string of the molecule is CCc1ccc(N[C@H]2NC(=O)/C(=C/c3ccccc3OCc3ccccc3C#N)S2)cc1. The summed E-state index contributed by atoms with van der Waals surface area (Å²) in [7, 11) is 0. The summed E-state index contributed by atoms with van der Waals surface area (Å²) in [6, 6.07) is 25.3. The van der Waals surface area contributed by atoms with Crippen molar-refractivity contribution in [1.82, 2.24) is 5.32 Å². The van der Waals surface area contributed by atoms with Crippen molar-refractivity contribution >= 4 is 29.4 Å². The van der Waals surface area contributed by atoms with Crippen LogP contribution in [0.15, 0.2) is 77.7 Å². The number of carbonyl (C=O) groups is 1. The molecule has 6 heteroatoms. The predicted molar refractivity (Wildman–Crippen MR) is 129 cm³/mol. The van der Waals surface area contributed by atoms with Crippen LogP contribution in [0, 0.1) is 11.3 Å². The lowest BCUT2D eigenvalue weighted by atomic mass is 10.1. The third-order valence-electron chi connectivity index (χ3n) is 5.12. The molecule has 1 fully saturated rings. The Bertz CT molecular complexity index is 1180. The Morgan fingerprint density at radius 3 is 2.62 bits per heavy atom. The van der Waals surface area contributed by atoms with E-state index in [9.17, 15) is 10.1 Å². The van der Waals surface area contributed by atoms with Crippen molar-refractivity contribution < 1.29 is 9.53 Å². The van der Waals surface area contributed by atoms with Crippen LogP contribution in [0.5, 0.6) is 5.75 Å². The highest BCUT2D eigenvalue weighted by atomic mass is 32.2. The second-order valence-electron chi connectivity index (χ2n) is 7.27. The van der Waals surface area contributed by atoms with Gasteiger partial charge < -0.3 is 15.4 Å². The summed E-state index contributed by atoms with van der Waals surface area (Å²) in [5.41, 5.74) is 4.22. The molecule has 1 amide bonds. The average molecular weight is 442 g/mol. The molecule has 0 saturated carbocycles. The van der Waals surface area contributed by atoms with Crippen LogP contribution in [0.25, 0.3) is 6.08 Å². The molecule has 2 N–H and O–H groups in total. The van der Waals surface area contributed by atoms with Crippen LogP contribution in [0.4, 0.5) is 5.69 Å². The number of thioether (sulfide) groups is 1. The van der Waals surface area contributed by atoms with Crippen LogP contribution in [0.3, 0.4) is 0 Å². The highest BCUT2D eigenvalue weighted by Crippen LogP contribution is 2.32. The minimum Gasteiger partial charge on any atom is -0.488 e. The minimum absolute atomic E-state index is 0.123. The van der Waals surface area contributed by atoms with E-state index in [2.05, 4.69) is 35.8 Å². The molecule has 1 atom stereocenters. The van der Waals surface area contributed by atoms with Gasteiger partial charge in [-0.2, -0.15) is 5.26 Å². The fourth-order valence-corrected chi connectivity index (χ4v) is 4.31. The van der Waals surface area contributed by atoms with Gasteiger partial charge in [0.05, 0.1) is 16.5 Å². The van der Waals surface area contributed by atoms with E-state index in [0.717, 1.165) is 23.2 Å². The number of para-hydroxylation sites is 1. The van der Waals surface area contributed by atoms with Crippen LogP contribution in [0.2, 0.25) is 0 Å². The van der Waals surface area contributed by atoms with Crippen molar-refractivity contribution in [2.75, 3.05) is 5.32 Å². The monoisotopic (exact) mass is 441 g/mol. The molecule has 0 radical (unpaired) electrons. The topological polar surface area (TPSA) is 74.2 Å². The Hall–Kier alpha value is -3.69. The molecule has 5 nitrogen and oxygen atoms in total. The lowest BCUT2D eigenvalue weighted by Crippen LogP contribution is -2.30. The van der Waals surface area contributed by atoms with Crippen molar-refractivity contribution in [3.05, 3.63) is 100.0 Å². The quantitative estimate of drug-likeness (QED) is 0.487. The van der Waals surface area contributed by atoms with Gasteiger partial charge in [-0.15, -0.1) is 0 Å². The second kappa shape index (κ2) is 10.1. The molecule has 3 aromatic carbocycles.